The second-order valence-corrected chi connectivity index (χ2v) is 5.77. The second-order valence-electron chi connectivity index (χ2n) is 5.77. The van der Waals surface area contributed by atoms with Crippen LogP contribution in [0.2, 0.25) is 0 Å². The second kappa shape index (κ2) is 6.66. The van der Waals surface area contributed by atoms with Crippen LogP contribution in [0.1, 0.15) is 43.8 Å². The fourth-order valence-electron chi connectivity index (χ4n) is 2.14. The lowest BCUT2D eigenvalue weighted by Crippen LogP contribution is -2.22. The molecule has 0 aliphatic heterocycles. The van der Waals surface area contributed by atoms with Gasteiger partial charge in [0.2, 0.25) is 0 Å². The number of rotatable bonds is 6. The molecular weight excluding hydrogens is 248 g/mol. The van der Waals surface area contributed by atoms with Gasteiger partial charge >= 0.3 is 0 Å². The lowest BCUT2D eigenvalue weighted by molar-refractivity contribution is 0.449. The Bertz CT molecular complexity index is 528. The predicted octanol–water partition coefficient (Wildman–Crippen LogP) is 3.09. The average Bonchev–Trinajstić information content (AvgIpc) is 2.83. The summed E-state index contributed by atoms with van der Waals surface area (Å²) in [4.78, 5) is 4.34. The van der Waals surface area contributed by atoms with Gasteiger partial charge < -0.3 is 5.32 Å². The Morgan fingerprint density at radius 1 is 1.15 bits per heavy atom. The van der Waals surface area contributed by atoms with Crippen LogP contribution >= 0.6 is 0 Å². The Kier molecular flexibility index (Phi) is 4.90. The van der Waals surface area contributed by atoms with E-state index < -0.39 is 0 Å². The first-order chi connectivity index (χ1) is 9.56. The molecule has 4 heteroatoms. The third kappa shape index (κ3) is 3.90. The maximum absolute atomic E-state index is 4.34. The SMILES string of the molecule is Cc1ccc([C@@H](C)NCc2ncnn2CC(C)C)cc1. The fourth-order valence-corrected chi connectivity index (χ4v) is 2.14. The Hall–Kier alpha value is -1.68. The van der Waals surface area contributed by atoms with Gasteiger partial charge in [-0.3, -0.25) is 0 Å². The molecule has 1 aromatic heterocycles. The summed E-state index contributed by atoms with van der Waals surface area (Å²) in [5.41, 5.74) is 2.59. The molecule has 0 spiro atoms. The van der Waals surface area contributed by atoms with Crippen LogP contribution in [0, 0.1) is 12.8 Å². The molecule has 20 heavy (non-hydrogen) atoms. The summed E-state index contributed by atoms with van der Waals surface area (Å²) in [6.07, 6.45) is 1.63. The summed E-state index contributed by atoms with van der Waals surface area (Å²) in [5.74, 6) is 1.57. The van der Waals surface area contributed by atoms with Gasteiger partial charge in [0.1, 0.15) is 12.2 Å². The molecule has 108 valence electrons. The lowest BCUT2D eigenvalue weighted by Gasteiger charge is -2.15. The quantitative estimate of drug-likeness (QED) is 0.878. The van der Waals surface area contributed by atoms with E-state index in [0.29, 0.717) is 12.0 Å². The lowest BCUT2D eigenvalue weighted by atomic mass is 10.1. The summed E-state index contributed by atoms with van der Waals surface area (Å²) in [5, 5.41) is 7.80. The highest BCUT2D eigenvalue weighted by Crippen LogP contribution is 2.13. The van der Waals surface area contributed by atoms with Crippen molar-refractivity contribution < 1.29 is 0 Å². The molecule has 0 radical (unpaired) electrons. The van der Waals surface area contributed by atoms with E-state index in [9.17, 15) is 0 Å². The molecule has 1 N–H and O–H groups in total. The van der Waals surface area contributed by atoms with E-state index in [1.807, 2.05) is 4.68 Å². The number of aryl methyl sites for hydroxylation is 1. The van der Waals surface area contributed by atoms with Crippen LogP contribution in [0.4, 0.5) is 0 Å². The first-order valence-electron chi connectivity index (χ1n) is 7.23. The number of aromatic nitrogens is 3. The molecule has 0 unspecified atom stereocenters. The number of hydrogen-bond donors (Lipinski definition) is 1. The van der Waals surface area contributed by atoms with Crippen LogP contribution in [0.15, 0.2) is 30.6 Å². The van der Waals surface area contributed by atoms with Crippen LogP contribution in [-0.4, -0.2) is 14.8 Å². The molecule has 0 aliphatic carbocycles. The summed E-state index contributed by atoms with van der Waals surface area (Å²) in [6.45, 7) is 10.3. The molecule has 0 saturated heterocycles. The molecule has 2 aromatic rings. The summed E-state index contributed by atoms with van der Waals surface area (Å²) in [7, 11) is 0. The zero-order valence-corrected chi connectivity index (χ0v) is 12.8. The van der Waals surface area contributed by atoms with E-state index in [4.69, 9.17) is 0 Å². The minimum Gasteiger partial charge on any atom is -0.303 e. The van der Waals surface area contributed by atoms with Crippen LogP contribution in [0.5, 0.6) is 0 Å². The number of nitrogens with one attached hydrogen (secondary N) is 1. The van der Waals surface area contributed by atoms with Gasteiger partial charge in [0.15, 0.2) is 0 Å². The fraction of sp³-hybridized carbons (Fsp3) is 0.500. The average molecular weight is 272 g/mol. The Morgan fingerprint density at radius 2 is 1.85 bits per heavy atom. The number of benzene rings is 1. The van der Waals surface area contributed by atoms with E-state index in [2.05, 4.69) is 67.4 Å². The highest BCUT2D eigenvalue weighted by atomic mass is 15.3. The molecular formula is C16H24N4. The van der Waals surface area contributed by atoms with Gasteiger partial charge in [-0.2, -0.15) is 5.10 Å². The Morgan fingerprint density at radius 3 is 2.50 bits per heavy atom. The summed E-state index contributed by atoms with van der Waals surface area (Å²) in [6, 6.07) is 8.95. The molecule has 0 amide bonds. The summed E-state index contributed by atoms with van der Waals surface area (Å²) >= 11 is 0. The van der Waals surface area contributed by atoms with Crippen molar-refractivity contribution in [1.29, 1.82) is 0 Å². The zero-order valence-electron chi connectivity index (χ0n) is 12.8. The van der Waals surface area contributed by atoms with Gasteiger partial charge in [0, 0.05) is 12.6 Å². The van der Waals surface area contributed by atoms with Crippen LogP contribution in [0.3, 0.4) is 0 Å². The van der Waals surface area contributed by atoms with Gasteiger partial charge in [0.25, 0.3) is 0 Å². The van der Waals surface area contributed by atoms with Crippen LogP contribution < -0.4 is 5.32 Å². The predicted molar refractivity (Wildman–Crippen MR) is 81.3 cm³/mol. The van der Waals surface area contributed by atoms with Gasteiger partial charge in [-0.25, -0.2) is 9.67 Å². The van der Waals surface area contributed by atoms with E-state index in [1.54, 1.807) is 6.33 Å². The van der Waals surface area contributed by atoms with Crippen molar-refractivity contribution in [2.24, 2.45) is 5.92 Å². The minimum absolute atomic E-state index is 0.305. The molecule has 4 nitrogen and oxygen atoms in total. The van der Waals surface area contributed by atoms with Crippen molar-refractivity contribution in [3.05, 3.63) is 47.5 Å². The van der Waals surface area contributed by atoms with Crippen molar-refractivity contribution in [2.75, 3.05) is 0 Å². The Labute approximate surface area is 121 Å². The Balaban J connectivity index is 1.95. The van der Waals surface area contributed by atoms with Gasteiger partial charge in [-0.15, -0.1) is 0 Å². The zero-order chi connectivity index (χ0) is 14.5. The minimum atomic E-state index is 0.305. The molecule has 1 atom stereocenters. The van der Waals surface area contributed by atoms with Crippen molar-refractivity contribution in [2.45, 2.75) is 46.8 Å². The molecule has 2 rings (SSSR count). The molecule has 0 bridgehead atoms. The van der Waals surface area contributed by atoms with Gasteiger partial charge in [0.05, 0.1) is 6.54 Å². The maximum atomic E-state index is 4.34. The largest absolute Gasteiger partial charge is 0.303 e. The molecule has 0 fully saturated rings. The molecule has 1 aromatic carbocycles. The summed E-state index contributed by atoms with van der Waals surface area (Å²) < 4.78 is 1.99. The third-order valence-corrected chi connectivity index (χ3v) is 3.38. The van der Waals surface area contributed by atoms with Crippen molar-refractivity contribution >= 4 is 0 Å². The van der Waals surface area contributed by atoms with Gasteiger partial charge in [-0.1, -0.05) is 43.7 Å². The van der Waals surface area contributed by atoms with Crippen LogP contribution in [-0.2, 0) is 13.1 Å². The van der Waals surface area contributed by atoms with Gasteiger partial charge in [-0.05, 0) is 25.3 Å². The third-order valence-electron chi connectivity index (χ3n) is 3.38. The first-order valence-corrected chi connectivity index (χ1v) is 7.23. The number of nitrogens with zero attached hydrogens (tertiary/aromatic N) is 3. The topological polar surface area (TPSA) is 42.7 Å². The van der Waals surface area contributed by atoms with Crippen molar-refractivity contribution in [1.82, 2.24) is 20.1 Å². The molecule has 1 heterocycles. The first kappa shape index (κ1) is 14.7. The van der Waals surface area contributed by atoms with E-state index >= 15 is 0 Å². The maximum Gasteiger partial charge on any atom is 0.140 e. The normalized spacial score (nSPS) is 12.8. The van der Waals surface area contributed by atoms with E-state index in [-0.39, 0.29) is 0 Å². The van der Waals surface area contributed by atoms with E-state index in [0.717, 1.165) is 18.9 Å². The highest BCUT2D eigenvalue weighted by molar-refractivity contribution is 5.23. The van der Waals surface area contributed by atoms with E-state index in [1.165, 1.54) is 11.1 Å². The van der Waals surface area contributed by atoms with Crippen molar-refractivity contribution in [3.63, 3.8) is 0 Å². The van der Waals surface area contributed by atoms with Crippen LogP contribution in [0.25, 0.3) is 0 Å². The monoisotopic (exact) mass is 272 g/mol. The number of hydrogen-bond acceptors (Lipinski definition) is 3. The standard InChI is InChI=1S/C16H24N4/c1-12(2)10-20-16(18-11-19-20)9-17-14(4)15-7-5-13(3)6-8-15/h5-8,11-12,14,17H,9-10H2,1-4H3/t14-/m1/s1. The smallest absolute Gasteiger partial charge is 0.140 e. The van der Waals surface area contributed by atoms with Crippen molar-refractivity contribution in [3.8, 4) is 0 Å². The molecule has 0 saturated carbocycles. The highest BCUT2D eigenvalue weighted by Gasteiger charge is 2.09. The molecule has 0 aliphatic rings.